The number of carbonyl (C=O) groups excluding carboxylic acids is 6. The Morgan fingerprint density at radius 1 is 0.536 bits per heavy atom. The number of hydrogen-bond donors (Lipinski definition) is 2. The average molecular weight is 1240 g/mol. The van der Waals surface area contributed by atoms with E-state index in [4.69, 9.17) is 28.9 Å². The van der Waals surface area contributed by atoms with Gasteiger partial charge in [-0.2, -0.15) is 0 Å². The van der Waals surface area contributed by atoms with Gasteiger partial charge in [-0.25, -0.2) is 50.9 Å². The molecule has 4 aliphatic heterocycles. The molecule has 12 atom stereocenters. The summed E-state index contributed by atoms with van der Waals surface area (Å²) in [5.74, 6) is -1.08. The van der Waals surface area contributed by atoms with Crippen molar-refractivity contribution in [2.24, 2.45) is 34.5 Å². The maximum Gasteiger partial charge on any atom is 0.408 e. The van der Waals surface area contributed by atoms with Crippen LogP contribution in [0.1, 0.15) is 157 Å². The van der Waals surface area contributed by atoms with Crippen molar-refractivity contribution in [3.05, 3.63) is 59.4 Å². The minimum absolute atomic E-state index is 0. The van der Waals surface area contributed by atoms with Crippen LogP contribution in [0.4, 0.5) is 18.4 Å². The normalized spacial score (nSPS) is 28.9. The van der Waals surface area contributed by atoms with E-state index in [9.17, 15) is 37.5 Å². The molecule has 4 bridgehead atoms. The number of nitrogens with zero attached hydrogens (tertiary/aromatic N) is 6. The third-order valence-electron chi connectivity index (χ3n) is 17.5. The van der Waals surface area contributed by atoms with Crippen LogP contribution in [0.3, 0.4) is 0 Å². The van der Waals surface area contributed by atoms with Crippen molar-refractivity contribution < 1.29 is 93.6 Å². The molecule has 22 heteroatoms. The summed E-state index contributed by atoms with van der Waals surface area (Å²) in [7, 11) is 0. The third-order valence-corrected chi connectivity index (χ3v) is 17.5. The van der Waals surface area contributed by atoms with Gasteiger partial charge in [0.05, 0.1) is 35.2 Å². The molecule has 2 aliphatic carbocycles. The maximum atomic E-state index is 14.1. The zero-order valence-corrected chi connectivity index (χ0v) is 52.3. The van der Waals surface area contributed by atoms with Gasteiger partial charge in [0.1, 0.15) is 59.5 Å². The average Bonchev–Trinajstić information content (AvgIpc) is 3.50. The minimum atomic E-state index is -0.921. The Labute approximate surface area is 515 Å². The van der Waals surface area contributed by atoms with Crippen molar-refractivity contribution in [1.29, 1.82) is 0 Å². The number of carbonyl (C=O) groups is 4. The molecule has 10 rings (SSSR count). The second kappa shape index (κ2) is 28.4. The fourth-order valence-electron chi connectivity index (χ4n) is 12.7. The SMILES string of the molecule is CC[C@@H]1[C@@H]2CN(C(=O)[C@H](C(C)(C)C)NC(=O)O[C@@H]3CCC[C@H]3CCCCCc3nc4ccc(F)cc4nc3O2)[C@@H]1[C-]=O.CC[C@@H]1[C@@H]2CN(C(=O)[C@H](C(C)(C)C)NC(=O)O[C@@H]3C[C@H]3CCCCCc3nc4ccc(F)cc4nc3O2)[C@@H]1[C-]=O.[V].[V]. The van der Waals surface area contributed by atoms with Gasteiger partial charge in [0.25, 0.3) is 0 Å². The number of hydrogen-bond acceptors (Lipinski definition) is 14. The number of ether oxygens (including phenoxy) is 4. The smallest absolute Gasteiger partial charge is 0.408 e. The van der Waals surface area contributed by atoms with E-state index in [0.717, 1.165) is 77.0 Å². The van der Waals surface area contributed by atoms with Crippen LogP contribution < -0.4 is 20.1 Å². The Morgan fingerprint density at radius 3 is 1.39 bits per heavy atom. The first-order chi connectivity index (χ1) is 39.2. The molecule has 4 fully saturated rings. The van der Waals surface area contributed by atoms with Crippen molar-refractivity contribution >= 4 is 58.6 Å². The van der Waals surface area contributed by atoms with E-state index < -0.39 is 71.0 Å². The zero-order chi connectivity index (χ0) is 58.6. The summed E-state index contributed by atoms with van der Waals surface area (Å²) < 4.78 is 52.6. The molecule has 6 heterocycles. The van der Waals surface area contributed by atoms with Gasteiger partial charge in [0, 0.05) is 49.2 Å². The summed E-state index contributed by atoms with van der Waals surface area (Å²) in [5.41, 5.74) is 2.01. The minimum Gasteiger partial charge on any atom is -0.540 e. The Hall–Kier alpha value is -5.43. The van der Waals surface area contributed by atoms with E-state index >= 15 is 0 Å². The van der Waals surface area contributed by atoms with Gasteiger partial charge in [-0.3, -0.25) is 9.59 Å². The van der Waals surface area contributed by atoms with Crippen LogP contribution in [0.15, 0.2) is 36.4 Å². The Balaban J connectivity index is 0.000000236. The monoisotopic (exact) mass is 1240 g/mol. The van der Waals surface area contributed by atoms with Gasteiger partial charge in [-0.05, 0) is 123 Å². The predicted molar refractivity (Wildman–Crippen MR) is 301 cm³/mol. The molecule has 18 nitrogen and oxygen atoms in total. The summed E-state index contributed by atoms with van der Waals surface area (Å²) in [6, 6.07) is 5.07. The van der Waals surface area contributed by atoms with Gasteiger partial charge in [-0.15, -0.1) is 0 Å². The molecule has 454 valence electrons. The first-order valence-electron chi connectivity index (χ1n) is 29.7. The largest absolute Gasteiger partial charge is 0.540 e. The summed E-state index contributed by atoms with van der Waals surface area (Å²) in [5, 5.41) is 5.63. The van der Waals surface area contributed by atoms with Crippen molar-refractivity contribution in [1.82, 2.24) is 40.4 Å². The molecule has 0 spiro atoms. The van der Waals surface area contributed by atoms with E-state index in [0.29, 0.717) is 76.8 Å². The molecule has 4 aromatic rings. The molecule has 2 saturated carbocycles. The second-order valence-corrected chi connectivity index (χ2v) is 25.4. The number of fused-ring (bicyclic) bond motifs is 10. The fourth-order valence-corrected chi connectivity index (χ4v) is 12.7. The molecule has 0 unspecified atom stereocenters. The maximum absolute atomic E-state index is 14.1. The van der Waals surface area contributed by atoms with Crippen molar-refractivity contribution in [3.63, 3.8) is 0 Å². The number of aryl methyl sites for hydroxylation is 2. The number of halogens is 2. The van der Waals surface area contributed by atoms with Crippen LogP contribution in [0.5, 0.6) is 11.8 Å². The number of benzene rings is 2. The Kier molecular flexibility index (Phi) is 22.3. The van der Waals surface area contributed by atoms with Crippen molar-refractivity contribution in [3.8, 4) is 11.8 Å². The van der Waals surface area contributed by atoms with Gasteiger partial charge < -0.3 is 49.0 Å². The number of nitrogens with one attached hydrogen (secondary N) is 2. The van der Waals surface area contributed by atoms with Crippen molar-refractivity contribution in [2.45, 2.75) is 207 Å². The summed E-state index contributed by atoms with van der Waals surface area (Å²) in [6.45, 7) is 15.3. The first-order valence-corrected chi connectivity index (χ1v) is 29.7. The van der Waals surface area contributed by atoms with Gasteiger partial charge in [0.2, 0.25) is 23.6 Å². The molecule has 84 heavy (non-hydrogen) atoms. The number of aromatic nitrogens is 4. The quantitative estimate of drug-likeness (QED) is 0.182. The van der Waals surface area contributed by atoms with E-state index in [1.165, 1.54) is 34.1 Å². The van der Waals surface area contributed by atoms with Crippen LogP contribution in [0, 0.1) is 46.1 Å². The van der Waals surface area contributed by atoms with Gasteiger partial charge in [0.15, 0.2) is 0 Å². The molecule has 2 N–H and O–H groups in total. The molecular formula is C62H80F2N8O10V2-2. The third kappa shape index (κ3) is 15.4. The van der Waals surface area contributed by atoms with Crippen LogP contribution in [0.25, 0.3) is 22.1 Å². The molecule has 2 saturated heterocycles. The van der Waals surface area contributed by atoms with Crippen LogP contribution >= 0.6 is 0 Å². The molecule has 2 aromatic carbocycles. The summed E-state index contributed by atoms with van der Waals surface area (Å²) in [4.78, 5) is 100. The Bertz CT molecular complexity index is 3000. The standard InChI is InChI=1S/C32H42FN4O5.C30H38FN4O5.2V/c1-5-21-25(18-38)37-17-27(21)41-29-23(34-22-15-14-20(33)16-24(22)35-29)12-8-6-7-10-19-11-9-13-26(19)42-31(40)36-28(30(37)39)32(2,3)4;1-5-19-23(16-36)35-15-25(19)39-27-21(32-20-12-11-18(31)14-22(20)33-27)10-8-6-7-9-17-13-24(17)40-29(38)34-26(28(35)37)30(2,3)4;;/h14-16,19,21,25-28H,5-13,17H2,1-4H3,(H,36,40);11-12,14,17,19,23-26H,5-10,13,15H2,1-4H3,(H,34,38);;/q2*-1;;/t19-,21+,25-,26-,27+,28-;17-,19+,23-,24-,25+,26-;;/m11../s1. The van der Waals surface area contributed by atoms with Gasteiger partial charge in [-0.1, -0.05) is 106 Å². The molecular weight excluding hydrogens is 1160 g/mol. The van der Waals surface area contributed by atoms with E-state index in [1.807, 2.05) is 55.4 Å². The van der Waals surface area contributed by atoms with Crippen molar-refractivity contribution in [2.75, 3.05) is 13.1 Å². The number of amides is 4. The zero-order valence-electron chi connectivity index (χ0n) is 49.5. The Morgan fingerprint density at radius 2 is 0.964 bits per heavy atom. The van der Waals surface area contributed by atoms with Crippen LogP contribution in [-0.4, -0.2) is 128 Å². The van der Waals surface area contributed by atoms with E-state index in [2.05, 4.69) is 33.2 Å². The number of alkyl carbamates (subject to hydrolysis) is 2. The molecule has 2 aromatic heterocycles. The topological polar surface area (TPSA) is 221 Å². The van der Waals surface area contributed by atoms with Crippen LogP contribution in [-0.2, 0) is 78.6 Å². The molecule has 6 aliphatic rings. The van der Waals surface area contributed by atoms with Gasteiger partial charge >= 0.3 is 12.2 Å². The second-order valence-electron chi connectivity index (χ2n) is 25.4. The van der Waals surface area contributed by atoms with E-state index in [-0.39, 0.29) is 92.0 Å². The predicted octanol–water partition coefficient (Wildman–Crippen LogP) is 9.79. The summed E-state index contributed by atoms with van der Waals surface area (Å²) >= 11 is 0. The first kappa shape index (κ1) is 66.1. The molecule has 2 radical (unpaired) electrons. The van der Waals surface area contributed by atoms with Crippen LogP contribution in [0.2, 0.25) is 0 Å². The fraction of sp³-hybridized carbons (Fsp3) is 0.645. The summed E-state index contributed by atoms with van der Waals surface area (Å²) in [6.07, 6.45) is 15.0. The van der Waals surface area contributed by atoms with E-state index in [1.54, 1.807) is 12.1 Å². The number of rotatable bonds is 4. The molecule has 4 amide bonds.